The number of ether oxygens (including phenoxy) is 1. The zero-order valence-electron chi connectivity index (χ0n) is 11.7. The van der Waals surface area contributed by atoms with E-state index >= 15 is 0 Å². The molecule has 5 nitrogen and oxygen atoms in total. The third-order valence-corrected chi connectivity index (χ3v) is 2.83. The first-order valence-corrected chi connectivity index (χ1v) is 6.48. The predicted octanol–water partition coefficient (Wildman–Crippen LogP) is 2.40. The second-order valence-corrected chi connectivity index (χ2v) is 4.38. The monoisotopic (exact) mass is 283 g/mol. The Hall–Kier alpha value is -2.82. The van der Waals surface area contributed by atoms with Crippen LogP contribution in [0.5, 0.6) is 0 Å². The largest absolute Gasteiger partial charge is 0.465 e. The Kier molecular flexibility index (Phi) is 4.93. The van der Waals surface area contributed by atoms with Gasteiger partial charge in [-0.1, -0.05) is 30.3 Å². The number of guanidine groups is 1. The van der Waals surface area contributed by atoms with Crippen molar-refractivity contribution in [3.63, 3.8) is 0 Å². The molecule has 108 valence electrons. The van der Waals surface area contributed by atoms with Crippen LogP contribution >= 0.6 is 0 Å². The molecule has 0 amide bonds. The molecule has 0 heterocycles. The molecule has 0 aliphatic carbocycles. The van der Waals surface area contributed by atoms with E-state index in [1.165, 1.54) is 7.11 Å². The molecular weight excluding hydrogens is 266 g/mol. The first-order valence-electron chi connectivity index (χ1n) is 6.48. The zero-order chi connectivity index (χ0) is 15.1. The minimum atomic E-state index is -0.365. The first kappa shape index (κ1) is 14.6. The number of aliphatic imine (C=N–C) groups is 1. The van der Waals surface area contributed by atoms with Crippen molar-refractivity contribution >= 4 is 17.6 Å². The van der Waals surface area contributed by atoms with E-state index < -0.39 is 0 Å². The number of esters is 1. The summed E-state index contributed by atoms with van der Waals surface area (Å²) in [4.78, 5) is 15.7. The summed E-state index contributed by atoms with van der Waals surface area (Å²) in [7, 11) is 1.36. The van der Waals surface area contributed by atoms with Crippen molar-refractivity contribution in [2.75, 3.05) is 12.4 Å². The Labute approximate surface area is 123 Å². The van der Waals surface area contributed by atoms with E-state index in [4.69, 9.17) is 5.73 Å². The maximum atomic E-state index is 11.4. The van der Waals surface area contributed by atoms with Gasteiger partial charge in [0.2, 0.25) is 0 Å². The number of carbonyl (C=O) groups is 1. The van der Waals surface area contributed by atoms with Crippen LogP contribution in [-0.2, 0) is 11.3 Å². The molecule has 0 aromatic heterocycles. The van der Waals surface area contributed by atoms with E-state index in [9.17, 15) is 4.79 Å². The SMILES string of the molecule is COC(=O)c1cccc(CN=C(N)Nc2ccccc2)c1. The van der Waals surface area contributed by atoms with Crippen LogP contribution in [0.1, 0.15) is 15.9 Å². The molecule has 0 fully saturated rings. The summed E-state index contributed by atoms with van der Waals surface area (Å²) in [5, 5.41) is 3.00. The fourth-order valence-electron chi connectivity index (χ4n) is 1.80. The lowest BCUT2D eigenvalue weighted by atomic mass is 10.1. The number of benzene rings is 2. The second-order valence-electron chi connectivity index (χ2n) is 4.38. The molecule has 2 aromatic carbocycles. The fraction of sp³-hybridized carbons (Fsp3) is 0.125. The number of carbonyl (C=O) groups excluding carboxylic acids is 1. The molecule has 0 bridgehead atoms. The summed E-state index contributed by atoms with van der Waals surface area (Å²) < 4.78 is 4.68. The molecule has 0 radical (unpaired) electrons. The highest BCUT2D eigenvalue weighted by molar-refractivity contribution is 5.92. The van der Waals surface area contributed by atoms with E-state index in [2.05, 4.69) is 15.0 Å². The Balaban J connectivity index is 2.01. The number of methoxy groups -OCH3 is 1. The van der Waals surface area contributed by atoms with Gasteiger partial charge in [-0.3, -0.25) is 0 Å². The van der Waals surface area contributed by atoms with Crippen molar-refractivity contribution in [2.45, 2.75) is 6.54 Å². The lowest BCUT2D eigenvalue weighted by molar-refractivity contribution is 0.0600. The highest BCUT2D eigenvalue weighted by Gasteiger charge is 2.05. The Morgan fingerprint density at radius 1 is 1.19 bits per heavy atom. The van der Waals surface area contributed by atoms with E-state index in [1.807, 2.05) is 36.4 Å². The van der Waals surface area contributed by atoms with Crippen LogP contribution < -0.4 is 11.1 Å². The summed E-state index contributed by atoms with van der Waals surface area (Å²) in [5.41, 5.74) is 8.09. The number of hydrogen-bond acceptors (Lipinski definition) is 3. The van der Waals surface area contributed by atoms with Gasteiger partial charge in [-0.2, -0.15) is 0 Å². The van der Waals surface area contributed by atoms with Crippen LogP contribution in [0.2, 0.25) is 0 Å². The summed E-state index contributed by atoms with van der Waals surface area (Å²) in [6, 6.07) is 16.7. The first-order chi connectivity index (χ1) is 10.2. The minimum absolute atomic E-state index is 0.324. The van der Waals surface area contributed by atoms with Crippen molar-refractivity contribution in [1.82, 2.24) is 0 Å². The minimum Gasteiger partial charge on any atom is -0.465 e. The molecule has 0 aliphatic rings. The number of nitrogens with one attached hydrogen (secondary N) is 1. The molecule has 0 aliphatic heterocycles. The van der Waals surface area contributed by atoms with Crippen molar-refractivity contribution in [3.05, 3.63) is 65.7 Å². The summed E-state index contributed by atoms with van der Waals surface area (Å²) >= 11 is 0. The van der Waals surface area contributed by atoms with Crippen LogP contribution in [0.3, 0.4) is 0 Å². The van der Waals surface area contributed by atoms with Gasteiger partial charge in [-0.25, -0.2) is 9.79 Å². The molecule has 0 spiro atoms. The molecule has 0 saturated carbocycles. The van der Waals surface area contributed by atoms with Gasteiger partial charge >= 0.3 is 5.97 Å². The topological polar surface area (TPSA) is 76.7 Å². The molecule has 0 saturated heterocycles. The van der Waals surface area contributed by atoms with Gasteiger partial charge < -0.3 is 15.8 Å². The Morgan fingerprint density at radius 3 is 2.67 bits per heavy atom. The van der Waals surface area contributed by atoms with Crippen LogP contribution in [0, 0.1) is 0 Å². The van der Waals surface area contributed by atoms with Gasteiger partial charge in [0.15, 0.2) is 5.96 Å². The van der Waals surface area contributed by atoms with Crippen LogP contribution in [0.15, 0.2) is 59.6 Å². The van der Waals surface area contributed by atoms with Crippen LogP contribution in [0.4, 0.5) is 5.69 Å². The molecule has 0 unspecified atom stereocenters. The molecule has 21 heavy (non-hydrogen) atoms. The van der Waals surface area contributed by atoms with Crippen LogP contribution in [0.25, 0.3) is 0 Å². The third-order valence-electron chi connectivity index (χ3n) is 2.83. The van der Waals surface area contributed by atoms with Crippen molar-refractivity contribution in [2.24, 2.45) is 10.7 Å². The standard InChI is InChI=1S/C16H17N3O2/c1-21-15(20)13-7-5-6-12(10-13)11-18-16(17)19-14-8-3-2-4-9-14/h2-10H,11H2,1H3,(H3,17,18,19). The van der Waals surface area contributed by atoms with Crippen molar-refractivity contribution in [3.8, 4) is 0 Å². The number of hydrogen-bond donors (Lipinski definition) is 2. The molecule has 2 rings (SSSR count). The smallest absolute Gasteiger partial charge is 0.337 e. The van der Waals surface area contributed by atoms with Crippen molar-refractivity contribution in [1.29, 1.82) is 0 Å². The van der Waals surface area contributed by atoms with E-state index in [0.717, 1.165) is 11.3 Å². The van der Waals surface area contributed by atoms with E-state index in [1.54, 1.807) is 18.2 Å². The predicted molar refractivity (Wildman–Crippen MR) is 83.2 cm³/mol. The van der Waals surface area contributed by atoms with Gasteiger partial charge in [-0.05, 0) is 29.8 Å². The molecule has 3 N–H and O–H groups in total. The third kappa shape index (κ3) is 4.35. The molecular formula is C16H17N3O2. The normalized spacial score (nSPS) is 11.0. The van der Waals surface area contributed by atoms with Gasteiger partial charge in [-0.15, -0.1) is 0 Å². The zero-order valence-corrected chi connectivity index (χ0v) is 11.7. The maximum absolute atomic E-state index is 11.4. The van der Waals surface area contributed by atoms with Gasteiger partial charge in [0.1, 0.15) is 0 Å². The van der Waals surface area contributed by atoms with Gasteiger partial charge in [0.05, 0.1) is 19.2 Å². The van der Waals surface area contributed by atoms with E-state index in [0.29, 0.717) is 18.1 Å². The van der Waals surface area contributed by atoms with Crippen LogP contribution in [-0.4, -0.2) is 19.0 Å². The number of rotatable bonds is 4. The maximum Gasteiger partial charge on any atom is 0.337 e. The van der Waals surface area contributed by atoms with E-state index in [-0.39, 0.29) is 5.97 Å². The average Bonchev–Trinajstić information content (AvgIpc) is 2.53. The quantitative estimate of drug-likeness (QED) is 0.513. The van der Waals surface area contributed by atoms with Gasteiger partial charge in [0.25, 0.3) is 0 Å². The molecule has 2 aromatic rings. The van der Waals surface area contributed by atoms with Gasteiger partial charge in [0, 0.05) is 5.69 Å². The number of nitrogens with zero attached hydrogens (tertiary/aromatic N) is 1. The number of anilines is 1. The second kappa shape index (κ2) is 7.09. The molecule has 5 heteroatoms. The number of nitrogens with two attached hydrogens (primary N) is 1. The highest BCUT2D eigenvalue weighted by atomic mass is 16.5. The fourth-order valence-corrected chi connectivity index (χ4v) is 1.80. The van der Waals surface area contributed by atoms with Crippen molar-refractivity contribution < 1.29 is 9.53 Å². The highest BCUT2D eigenvalue weighted by Crippen LogP contribution is 2.08. The Morgan fingerprint density at radius 2 is 1.95 bits per heavy atom. The summed E-state index contributed by atoms with van der Waals surface area (Å²) in [5.74, 6) is -0.0408. The average molecular weight is 283 g/mol. The summed E-state index contributed by atoms with van der Waals surface area (Å²) in [6.07, 6.45) is 0. The molecule has 0 atom stereocenters. The Bertz CT molecular complexity index is 639. The lowest BCUT2D eigenvalue weighted by Gasteiger charge is -2.06. The summed E-state index contributed by atoms with van der Waals surface area (Å²) in [6.45, 7) is 0.385. The lowest BCUT2D eigenvalue weighted by Crippen LogP contribution is -2.22. The number of para-hydroxylation sites is 1.